The van der Waals surface area contributed by atoms with Gasteiger partial charge in [0, 0.05) is 5.69 Å². The van der Waals surface area contributed by atoms with Crippen LogP contribution >= 0.6 is 0 Å². The van der Waals surface area contributed by atoms with Crippen LogP contribution in [0, 0.1) is 10.1 Å². The number of hydrogen-bond acceptors (Lipinski definition) is 4. The van der Waals surface area contributed by atoms with Crippen molar-refractivity contribution in [1.82, 2.24) is 9.78 Å². The molecule has 1 aromatic heterocycles. The third-order valence-electron chi connectivity index (χ3n) is 3.17. The maximum Gasteiger partial charge on any atom is 0.336 e. The number of ether oxygens (including phenoxy) is 1. The molecule has 2 rings (SSSR count). The highest BCUT2D eigenvalue weighted by atomic mass is 16.6. The molecule has 0 N–H and O–H groups in total. The van der Waals surface area contributed by atoms with Gasteiger partial charge in [-0.3, -0.25) is 10.1 Å². The average molecular weight is 275 g/mol. The first-order valence-corrected chi connectivity index (χ1v) is 6.51. The highest BCUT2D eigenvalue weighted by Crippen LogP contribution is 2.33. The first-order chi connectivity index (χ1) is 9.62. The van der Waals surface area contributed by atoms with Crippen LogP contribution in [-0.2, 0) is 12.8 Å². The molecule has 0 aliphatic rings. The zero-order valence-corrected chi connectivity index (χ0v) is 11.8. The van der Waals surface area contributed by atoms with Gasteiger partial charge in [-0.2, -0.15) is 5.10 Å². The quantitative estimate of drug-likeness (QED) is 0.621. The molecule has 1 heterocycles. The predicted molar refractivity (Wildman–Crippen MR) is 75.5 cm³/mol. The van der Waals surface area contributed by atoms with E-state index in [-0.39, 0.29) is 11.4 Å². The van der Waals surface area contributed by atoms with Gasteiger partial charge in [-0.05, 0) is 31.0 Å². The maximum atomic E-state index is 11.3. The Hall–Kier alpha value is -2.37. The Labute approximate surface area is 117 Å². The molecule has 0 fully saturated rings. The van der Waals surface area contributed by atoms with Gasteiger partial charge in [0.25, 0.3) is 0 Å². The number of para-hydroxylation sites is 1. The van der Waals surface area contributed by atoms with Crippen LogP contribution in [-0.4, -0.2) is 21.8 Å². The lowest BCUT2D eigenvalue weighted by molar-refractivity contribution is -0.385. The van der Waals surface area contributed by atoms with Crippen molar-refractivity contribution < 1.29 is 9.66 Å². The zero-order valence-electron chi connectivity index (χ0n) is 11.8. The van der Waals surface area contributed by atoms with E-state index in [1.54, 1.807) is 22.9 Å². The maximum absolute atomic E-state index is 11.3. The number of methoxy groups -OCH3 is 1. The van der Waals surface area contributed by atoms with Crippen LogP contribution in [0.4, 0.5) is 5.69 Å². The number of nitro benzene ring substituents is 1. The molecular weight excluding hydrogens is 258 g/mol. The average Bonchev–Trinajstić information content (AvgIpc) is 2.89. The van der Waals surface area contributed by atoms with Crippen molar-refractivity contribution in [2.45, 2.75) is 26.7 Å². The van der Waals surface area contributed by atoms with Gasteiger partial charge in [0.15, 0.2) is 5.75 Å². The standard InChI is InChI=1S/C14H17N3O3/c1-4-10-9-11(5-2)16(15-10)12-7-6-8-13(20-3)14(12)17(18)19/h6-9H,4-5H2,1-3H3. The second kappa shape index (κ2) is 5.73. The van der Waals surface area contributed by atoms with Crippen LogP contribution in [0.5, 0.6) is 5.75 Å². The predicted octanol–water partition coefficient (Wildman–Crippen LogP) is 2.91. The number of benzene rings is 1. The van der Waals surface area contributed by atoms with E-state index < -0.39 is 4.92 Å². The summed E-state index contributed by atoms with van der Waals surface area (Å²) in [6.45, 7) is 4.01. The molecule has 0 saturated carbocycles. The molecule has 0 aliphatic heterocycles. The summed E-state index contributed by atoms with van der Waals surface area (Å²) in [5, 5.41) is 15.8. The van der Waals surface area contributed by atoms with Crippen LogP contribution < -0.4 is 4.74 Å². The first kappa shape index (κ1) is 14.0. The first-order valence-electron chi connectivity index (χ1n) is 6.51. The lowest BCUT2D eigenvalue weighted by atomic mass is 10.2. The summed E-state index contributed by atoms with van der Waals surface area (Å²) in [6.07, 6.45) is 1.54. The van der Waals surface area contributed by atoms with Crippen LogP contribution in [0.3, 0.4) is 0 Å². The topological polar surface area (TPSA) is 70.2 Å². The summed E-state index contributed by atoms with van der Waals surface area (Å²) in [4.78, 5) is 10.9. The van der Waals surface area contributed by atoms with Gasteiger partial charge in [0.1, 0.15) is 5.69 Å². The van der Waals surface area contributed by atoms with Crippen LogP contribution in [0.25, 0.3) is 5.69 Å². The van der Waals surface area contributed by atoms with E-state index in [1.807, 2.05) is 19.9 Å². The van der Waals surface area contributed by atoms with E-state index in [4.69, 9.17) is 4.74 Å². The summed E-state index contributed by atoms with van der Waals surface area (Å²) in [5.41, 5.74) is 2.23. The molecule has 6 heteroatoms. The second-order valence-electron chi connectivity index (χ2n) is 4.33. The smallest absolute Gasteiger partial charge is 0.336 e. The molecule has 0 saturated heterocycles. The lowest BCUT2D eigenvalue weighted by Gasteiger charge is -2.09. The summed E-state index contributed by atoms with van der Waals surface area (Å²) in [6, 6.07) is 6.97. The van der Waals surface area contributed by atoms with Crippen LogP contribution in [0.15, 0.2) is 24.3 Å². The minimum atomic E-state index is -0.430. The number of hydrogen-bond donors (Lipinski definition) is 0. The van der Waals surface area contributed by atoms with Gasteiger partial charge in [-0.15, -0.1) is 0 Å². The largest absolute Gasteiger partial charge is 0.490 e. The molecule has 1 aromatic carbocycles. The Morgan fingerprint density at radius 1 is 1.35 bits per heavy atom. The van der Waals surface area contributed by atoms with Crippen LogP contribution in [0.2, 0.25) is 0 Å². The normalized spacial score (nSPS) is 10.6. The van der Waals surface area contributed by atoms with Gasteiger partial charge in [-0.1, -0.05) is 19.9 Å². The monoisotopic (exact) mass is 275 g/mol. The molecule has 0 bridgehead atoms. The fraction of sp³-hybridized carbons (Fsp3) is 0.357. The van der Waals surface area contributed by atoms with Gasteiger partial charge < -0.3 is 4.74 Å². The van der Waals surface area contributed by atoms with Crippen molar-refractivity contribution in [1.29, 1.82) is 0 Å². The molecule has 0 amide bonds. The second-order valence-corrected chi connectivity index (χ2v) is 4.33. The minimum absolute atomic E-state index is 0.0598. The van der Waals surface area contributed by atoms with E-state index in [0.717, 1.165) is 24.2 Å². The Kier molecular flexibility index (Phi) is 4.02. The Morgan fingerprint density at radius 3 is 2.65 bits per heavy atom. The highest BCUT2D eigenvalue weighted by Gasteiger charge is 2.23. The van der Waals surface area contributed by atoms with Gasteiger partial charge in [-0.25, -0.2) is 4.68 Å². The third kappa shape index (κ3) is 2.36. The summed E-state index contributed by atoms with van der Waals surface area (Å²) in [7, 11) is 1.42. The molecule has 2 aromatic rings. The summed E-state index contributed by atoms with van der Waals surface area (Å²) < 4.78 is 6.73. The number of nitro groups is 1. The number of rotatable bonds is 5. The Balaban J connectivity index is 2.69. The molecular formula is C14H17N3O3. The van der Waals surface area contributed by atoms with Gasteiger partial charge >= 0.3 is 5.69 Å². The van der Waals surface area contributed by atoms with E-state index in [1.165, 1.54) is 7.11 Å². The Morgan fingerprint density at radius 2 is 2.10 bits per heavy atom. The molecule has 20 heavy (non-hydrogen) atoms. The van der Waals surface area contributed by atoms with E-state index in [9.17, 15) is 10.1 Å². The van der Waals surface area contributed by atoms with Gasteiger partial charge in [0.2, 0.25) is 0 Å². The number of aromatic nitrogens is 2. The molecule has 106 valence electrons. The van der Waals surface area contributed by atoms with Crippen molar-refractivity contribution in [3.8, 4) is 11.4 Å². The minimum Gasteiger partial charge on any atom is -0.490 e. The molecule has 0 radical (unpaired) electrons. The van der Waals surface area contributed by atoms with Crippen molar-refractivity contribution in [2.75, 3.05) is 7.11 Å². The third-order valence-corrected chi connectivity index (χ3v) is 3.17. The number of aryl methyl sites for hydroxylation is 2. The fourth-order valence-electron chi connectivity index (χ4n) is 2.14. The highest BCUT2D eigenvalue weighted by molar-refractivity contribution is 5.61. The lowest BCUT2D eigenvalue weighted by Crippen LogP contribution is -2.06. The fourth-order valence-corrected chi connectivity index (χ4v) is 2.14. The SMILES string of the molecule is CCc1cc(CC)n(-c2cccc(OC)c2[N+](=O)[O-])n1. The van der Waals surface area contributed by atoms with Crippen LogP contribution in [0.1, 0.15) is 25.2 Å². The van der Waals surface area contributed by atoms with E-state index in [0.29, 0.717) is 5.69 Å². The van der Waals surface area contributed by atoms with Crippen molar-refractivity contribution in [2.24, 2.45) is 0 Å². The molecule has 0 spiro atoms. The Bertz CT molecular complexity index is 635. The van der Waals surface area contributed by atoms with E-state index in [2.05, 4.69) is 5.10 Å². The molecule has 0 atom stereocenters. The van der Waals surface area contributed by atoms with Crippen molar-refractivity contribution in [3.05, 3.63) is 45.8 Å². The molecule has 0 unspecified atom stereocenters. The molecule has 6 nitrogen and oxygen atoms in total. The van der Waals surface area contributed by atoms with Gasteiger partial charge in [0.05, 0.1) is 17.7 Å². The van der Waals surface area contributed by atoms with Crippen molar-refractivity contribution >= 4 is 5.69 Å². The number of nitrogens with zero attached hydrogens (tertiary/aromatic N) is 3. The summed E-state index contributed by atoms with van der Waals surface area (Å²) >= 11 is 0. The van der Waals surface area contributed by atoms with E-state index >= 15 is 0 Å². The van der Waals surface area contributed by atoms with Crippen molar-refractivity contribution in [3.63, 3.8) is 0 Å². The zero-order chi connectivity index (χ0) is 14.7. The summed E-state index contributed by atoms with van der Waals surface area (Å²) in [5.74, 6) is 0.239. The molecule has 0 aliphatic carbocycles.